The average molecular weight is 351 g/mol. The molecule has 0 saturated carbocycles. The molecule has 0 unspecified atom stereocenters. The number of aromatic nitrogens is 3. The Kier molecular flexibility index (Phi) is 5.73. The van der Waals surface area contributed by atoms with Gasteiger partial charge in [-0.05, 0) is 30.0 Å². The quantitative estimate of drug-likeness (QED) is 0.657. The molecule has 2 aromatic carbocycles. The summed E-state index contributed by atoms with van der Waals surface area (Å²) in [4.78, 5) is 4.45. The van der Waals surface area contributed by atoms with Crippen LogP contribution in [0.5, 0.6) is 0 Å². The SMILES string of the molecule is CCc1cccc(CC)c1Nc1nncc(NCc2ccccc2F)n1. The van der Waals surface area contributed by atoms with Crippen LogP contribution in [0.15, 0.2) is 48.7 Å². The van der Waals surface area contributed by atoms with Crippen LogP contribution in [-0.4, -0.2) is 15.2 Å². The molecule has 0 atom stereocenters. The van der Waals surface area contributed by atoms with Crippen LogP contribution in [0.4, 0.5) is 21.8 Å². The van der Waals surface area contributed by atoms with Gasteiger partial charge in [0, 0.05) is 17.8 Å². The van der Waals surface area contributed by atoms with Crippen LogP contribution >= 0.6 is 0 Å². The molecule has 2 N–H and O–H groups in total. The zero-order chi connectivity index (χ0) is 18.4. The largest absolute Gasteiger partial charge is 0.364 e. The van der Waals surface area contributed by atoms with Gasteiger partial charge in [-0.1, -0.05) is 50.2 Å². The van der Waals surface area contributed by atoms with E-state index in [2.05, 4.69) is 57.9 Å². The molecular formula is C20H22FN5. The Morgan fingerprint density at radius 3 is 2.31 bits per heavy atom. The van der Waals surface area contributed by atoms with E-state index in [1.165, 1.54) is 23.4 Å². The molecule has 0 saturated heterocycles. The lowest BCUT2D eigenvalue weighted by molar-refractivity contribution is 0.613. The van der Waals surface area contributed by atoms with Gasteiger partial charge in [-0.15, -0.1) is 5.10 Å². The van der Waals surface area contributed by atoms with Crippen molar-refractivity contribution < 1.29 is 4.39 Å². The van der Waals surface area contributed by atoms with Crippen molar-refractivity contribution in [3.05, 3.63) is 71.2 Å². The number of nitrogens with zero attached hydrogens (tertiary/aromatic N) is 3. The van der Waals surface area contributed by atoms with Gasteiger partial charge in [0.15, 0.2) is 5.82 Å². The summed E-state index contributed by atoms with van der Waals surface area (Å²) in [5.41, 5.74) is 4.02. The van der Waals surface area contributed by atoms with Crippen LogP contribution in [0.3, 0.4) is 0 Å². The second-order valence-electron chi connectivity index (χ2n) is 5.89. The number of rotatable bonds is 7. The highest BCUT2D eigenvalue weighted by Crippen LogP contribution is 2.25. The van der Waals surface area contributed by atoms with Crippen molar-refractivity contribution in [3.8, 4) is 0 Å². The minimum Gasteiger partial charge on any atom is -0.364 e. The molecule has 1 heterocycles. The average Bonchev–Trinajstić information content (AvgIpc) is 2.68. The first-order chi connectivity index (χ1) is 12.7. The number of hydrogen-bond donors (Lipinski definition) is 2. The van der Waals surface area contributed by atoms with Crippen molar-refractivity contribution in [3.63, 3.8) is 0 Å². The third-order valence-corrected chi connectivity index (χ3v) is 4.21. The van der Waals surface area contributed by atoms with E-state index in [0.29, 0.717) is 23.9 Å². The third kappa shape index (κ3) is 4.14. The van der Waals surface area contributed by atoms with E-state index in [1.54, 1.807) is 18.2 Å². The topological polar surface area (TPSA) is 62.7 Å². The van der Waals surface area contributed by atoms with Crippen LogP contribution < -0.4 is 10.6 Å². The fraction of sp³-hybridized carbons (Fsp3) is 0.250. The molecule has 26 heavy (non-hydrogen) atoms. The van der Waals surface area contributed by atoms with Gasteiger partial charge in [0.1, 0.15) is 5.82 Å². The van der Waals surface area contributed by atoms with E-state index in [4.69, 9.17) is 0 Å². The Labute approximate surface area is 152 Å². The van der Waals surface area contributed by atoms with Crippen LogP contribution in [0.2, 0.25) is 0 Å². The fourth-order valence-electron chi connectivity index (χ4n) is 2.78. The van der Waals surface area contributed by atoms with Gasteiger partial charge >= 0.3 is 0 Å². The van der Waals surface area contributed by atoms with Crippen molar-refractivity contribution in [1.29, 1.82) is 0 Å². The smallest absolute Gasteiger partial charge is 0.249 e. The van der Waals surface area contributed by atoms with Crippen molar-refractivity contribution >= 4 is 17.5 Å². The minimum absolute atomic E-state index is 0.246. The van der Waals surface area contributed by atoms with E-state index in [9.17, 15) is 4.39 Å². The van der Waals surface area contributed by atoms with Gasteiger partial charge in [-0.25, -0.2) is 4.39 Å². The third-order valence-electron chi connectivity index (χ3n) is 4.21. The highest BCUT2D eigenvalue weighted by Gasteiger charge is 2.09. The molecule has 6 heteroatoms. The lowest BCUT2D eigenvalue weighted by Crippen LogP contribution is -2.08. The summed E-state index contributed by atoms with van der Waals surface area (Å²) in [5, 5.41) is 14.5. The van der Waals surface area contributed by atoms with Gasteiger partial charge in [-0.2, -0.15) is 10.1 Å². The van der Waals surface area contributed by atoms with Crippen molar-refractivity contribution in [2.24, 2.45) is 0 Å². The number of hydrogen-bond acceptors (Lipinski definition) is 5. The first-order valence-corrected chi connectivity index (χ1v) is 8.76. The summed E-state index contributed by atoms with van der Waals surface area (Å²) in [6.45, 7) is 4.56. The molecule has 3 rings (SSSR count). The maximum atomic E-state index is 13.7. The molecule has 0 radical (unpaired) electrons. The lowest BCUT2D eigenvalue weighted by Gasteiger charge is -2.14. The normalized spacial score (nSPS) is 10.6. The van der Waals surface area contributed by atoms with Gasteiger partial charge in [-0.3, -0.25) is 0 Å². The highest BCUT2D eigenvalue weighted by molar-refractivity contribution is 5.64. The number of para-hydroxylation sites is 1. The Morgan fingerprint density at radius 2 is 1.62 bits per heavy atom. The number of nitrogens with one attached hydrogen (secondary N) is 2. The summed E-state index contributed by atoms with van der Waals surface area (Å²) in [6, 6.07) is 12.9. The summed E-state index contributed by atoms with van der Waals surface area (Å²) in [6.07, 6.45) is 3.35. The standard InChI is InChI=1S/C20H22FN5/c1-3-14-9-7-10-15(4-2)19(14)25-20-24-18(13-23-26-20)22-12-16-8-5-6-11-17(16)21/h5-11,13H,3-4,12H2,1-2H3,(H2,22,24,25,26). The molecule has 0 aliphatic heterocycles. The fourth-order valence-corrected chi connectivity index (χ4v) is 2.78. The molecule has 1 aromatic heterocycles. The summed E-state index contributed by atoms with van der Waals surface area (Å²) in [7, 11) is 0. The molecule has 0 bridgehead atoms. The molecule has 5 nitrogen and oxygen atoms in total. The molecule has 0 spiro atoms. The zero-order valence-electron chi connectivity index (χ0n) is 15.0. The van der Waals surface area contributed by atoms with Gasteiger partial charge in [0.2, 0.25) is 5.95 Å². The minimum atomic E-state index is -0.246. The number of benzene rings is 2. The Balaban J connectivity index is 1.77. The zero-order valence-corrected chi connectivity index (χ0v) is 15.0. The van der Waals surface area contributed by atoms with Gasteiger partial charge in [0.05, 0.1) is 6.20 Å². The van der Waals surface area contributed by atoms with E-state index in [1.807, 2.05) is 0 Å². The predicted molar refractivity (Wildman–Crippen MR) is 102 cm³/mol. The van der Waals surface area contributed by atoms with E-state index >= 15 is 0 Å². The molecule has 134 valence electrons. The van der Waals surface area contributed by atoms with Crippen molar-refractivity contribution in [2.45, 2.75) is 33.2 Å². The first kappa shape index (κ1) is 17.8. The summed E-state index contributed by atoms with van der Waals surface area (Å²) >= 11 is 0. The molecule has 3 aromatic rings. The molecule has 0 aliphatic carbocycles. The number of halogens is 1. The van der Waals surface area contributed by atoms with Crippen LogP contribution in [0.1, 0.15) is 30.5 Å². The van der Waals surface area contributed by atoms with Crippen molar-refractivity contribution in [2.75, 3.05) is 10.6 Å². The number of aryl methyl sites for hydroxylation is 2. The Bertz CT molecular complexity index is 859. The highest BCUT2D eigenvalue weighted by atomic mass is 19.1. The van der Waals surface area contributed by atoms with E-state index in [-0.39, 0.29) is 5.82 Å². The molecular weight excluding hydrogens is 329 g/mol. The Morgan fingerprint density at radius 1 is 0.923 bits per heavy atom. The molecule has 0 aliphatic rings. The van der Waals surface area contributed by atoms with Crippen LogP contribution in [0.25, 0.3) is 0 Å². The maximum absolute atomic E-state index is 13.7. The lowest BCUT2D eigenvalue weighted by atomic mass is 10.0. The van der Waals surface area contributed by atoms with E-state index < -0.39 is 0 Å². The summed E-state index contributed by atoms with van der Waals surface area (Å²) in [5.74, 6) is 0.710. The maximum Gasteiger partial charge on any atom is 0.249 e. The van der Waals surface area contributed by atoms with E-state index in [0.717, 1.165) is 18.5 Å². The molecule has 0 fully saturated rings. The second kappa shape index (κ2) is 8.38. The number of anilines is 3. The van der Waals surface area contributed by atoms with Gasteiger partial charge in [0.25, 0.3) is 0 Å². The predicted octanol–water partition coefficient (Wildman–Crippen LogP) is 4.49. The summed E-state index contributed by atoms with van der Waals surface area (Å²) < 4.78 is 13.7. The van der Waals surface area contributed by atoms with Crippen LogP contribution in [0, 0.1) is 5.82 Å². The van der Waals surface area contributed by atoms with Crippen LogP contribution in [-0.2, 0) is 19.4 Å². The van der Waals surface area contributed by atoms with Crippen molar-refractivity contribution in [1.82, 2.24) is 15.2 Å². The van der Waals surface area contributed by atoms with Gasteiger partial charge < -0.3 is 10.6 Å². The Hall–Kier alpha value is -3.02. The monoisotopic (exact) mass is 351 g/mol. The second-order valence-corrected chi connectivity index (χ2v) is 5.89. The first-order valence-electron chi connectivity index (χ1n) is 8.76. The molecule has 0 amide bonds.